The first-order chi connectivity index (χ1) is 14.9. The van der Waals surface area contributed by atoms with Gasteiger partial charge in [-0.05, 0) is 57.9 Å². The first-order valence-electron chi connectivity index (χ1n) is 11.4. The Hall–Kier alpha value is -2.41. The van der Waals surface area contributed by atoms with E-state index in [4.69, 9.17) is 4.74 Å². The number of carboxylic acids is 1. The first-order valence-corrected chi connectivity index (χ1v) is 11.4. The fourth-order valence-electron chi connectivity index (χ4n) is 5.18. The van der Waals surface area contributed by atoms with E-state index < -0.39 is 24.1 Å². The van der Waals surface area contributed by atoms with Crippen molar-refractivity contribution in [1.29, 1.82) is 0 Å². The van der Waals surface area contributed by atoms with Gasteiger partial charge in [0, 0.05) is 5.54 Å². The maximum atomic E-state index is 13.5. The summed E-state index contributed by atoms with van der Waals surface area (Å²) in [5, 5.41) is 12.9. The van der Waals surface area contributed by atoms with Gasteiger partial charge in [-0.3, -0.25) is 14.9 Å². The Balaban J connectivity index is 1.72. The van der Waals surface area contributed by atoms with Crippen LogP contribution in [-0.2, 0) is 25.5 Å². The summed E-state index contributed by atoms with van der Waals surface area (Å²) in [6, 6.07) is 7.75. The van der Waals surface area contributed by atoms with Gasteiger partial charge in [0.05, 0.1) is 12.6 Å². The second kappa shape index (κ2) is 10.3. The molecule has 170 valence electrons. The number of amides is 1. The largest absolute Gasteiger partial charge is 0.480 e. The fraction of sp³-hybridized carbons (Fsp3) is 0.625. The molecular weight excluding hydrogens is 396 g/mol. The zero-order valence-electron chi connectivity index (χ0n) is 18.5. The Morgan fingerprint density at radius 3 is 2.48 bits per heavy atom. The summed E-state index contributed by atoms with van der Waals surface area (Å²) < 4.78 is 5.23. The number of benzene rings is 1. The second-order valence-corrected chi connectivity index (χ2v) is 8.75. The highest BCUT2D eigenvalue weighted by atomic mass is 16.5. The number of nitrogens with one attached hydrogen (secondary N) is 1. The standard InChI is InChI=1S/C24H34N2O5/c1-3-31-23(30)19(12-11-18-9-5-4-6-10-18)25-17(2)21(27)26-20(22(28)29)13-16-24(26)14-7-8-15-24/h4-6,9-10,17,19-20,25H,3,7-8,11-16H2,1-2H3,(H,28,29)/t17-,19?,20-/m0/s1. The van der Waals surface area contributed by atoms with Crippen molar-refractivity contribution in [2.24, 2.45) is 0 Å². The number of aliphatic carboxylic acids is 1. The van der Waals surface area contributed by atoms with Gasteiger partial charge in [-0.25, -0.2) is 4.79 Å². The lowest BCUT2D eigenvalue weighted by molar-refractivity contribution is -0.154. The molecule has 1 amide bonds. The lowest BCUT2D eigenvalue weighted by Crippen LogP contribution is -2.58. The molecule has 31 heavy (non-hydrogen) atoms. The Bertz CT molecular complexity index is 775. The van der Waals surface area contributed by atoms with Gasteiger partial charge >= 0.3 is 11.9 Å². The molecule has 2 N–H and O–H groups in total. The number of hydrogen-bond acceptors (Lipinski definition) is 5. The number of carbonyl (C=O) groups is 3. The molecule has 3 rings (SSSR count). The first kappa shape index (κ1) is 23.3. The predicted molar refractivity (Wildman–Crippen MR) is 116 cm³/mol. The zero-order chi connectivity index (χ0) is 22.4. The third kappa shape index (κ3) is 5.26. The number of nitrogens with zero attached hydrogens (tertiary/aromatic N) is 1. The molecule has 2 fully saturated rings. The van der Waals surface area contributed by atoms with Crippen molar-refractivity contribution in [2.45, 2.75) is 88.9 Å². The molecular formula is C24H34N2O5. The molecule has 1 aliphatic carbocycles. The monoisotopic (exact) mass is 430 g/mol. The van der Waals surface area contributed by atoms with Crippen LogP contribution in [0, 0.1) is 0 Å². The van der Waals surface area contributed by atoms with Crippen molar-refractivity contribution >= 4 is 17.8 Å². The number of carboxylic acid groups (broad SMARTS) is 1. The predicted octanol–water partition coefficient (Wildman–Crippen LogP) is 2.92. The van der Waals surface area contributed by atoms with E-state index in [-0.39, 0.29) is 24.0 Å². The van der Waals surface area contributed by atoms with E-state index in [1.54, 1.807) is 18.7 Å². The van der Waals surface area contributed by atoms with E-state index in [9.17, 15) is 19.5 Å². The topological polar surface area (TPSA) is 95.9 Å². The van der Waals surface area contributed by atoms with Crippen LogP contribution in [0.4, 0.5) is 0 Å². The maximum Gasteiger partial charge on any atom is 0.326 e. The molecule has 7 heteroatoms. The molecule has 1 saturated carbocycles. The molecule has 1 spiro atoms. The quantitative estimate of drug-likeness (QED) is 0.585. The number of hydrogen-bond donors (Lipinski definition) is 2. The summed E-state index contributed by atoms with van der Waals surface area (Å²) in [5.74, 6) is -1.57. The van der Waals surface area contributed by atoms with Gasteiger partial charge in [0.2, 0.25) is 5.91 Å². The molecule has 1 saturated heterocycles. The van der Waals surface area contributed by atoms with Crippen LogP contribution in [0.3, 0.4) is 0 Å². The van der Waals surface area contributed by atoms with Crippen molar-refractivity contribution in [3.8, 4) is 0 Å². The van der Waals surface area contributed by atoms with Crippen LogP contribution in [-0.4, -0.2) is 58.1 Å². The molecule has 0 radical (unpaired) electrons. The average molecular weight is 431 g/mol. The summed E-state index contributed by atoms with van der Waals surface area (Å²) in [6.07, 6.45) is 6.12. The highest BCUT2D eigenvalue weighted by Gasteiger charge is 2.53. The van der Waals surface area contributed by atoms with Crippen LogP contribution in [0.1, 0.15) is 64.4 Å². The van der Waals surface area contributed by atoms with E-state index in [1.807, 2.05) is 30.3 Å². The Kier molecular flexibility index (Phi) is 7.70. The Morgan fingerprint density at radius 2 is 1.87 bits per heavy atom. The number of rotatable bonds is 9. The second-order valence-electron chi connectivity index (χ2n) is 8.75. The fourth-order valence-corrected chi connectivity index (χ4v) is 5.18. The van der Waals surface area contributed by atoms with Crippen molar-refractivity contribution in [3.63, 3.8) is 0 Å². The Morgan fingerprint density at radius 1 is 1.19 bits per heavy atom. The minimum atomic E-state index is -0.949. The Labute approximate surface area is 184 Å². The highest BCUT2D eigenvalue weighted by molar-refractivity contribution is 5.89. The van der Waals surface area contributed by atoms with E-state index in [0.29, 0.717) is 19.3 Å². The van der Waals surface area contributed by atoms with Crippen molar-refractivity contribution in [1.82, 2.24) is 10.2 Å². The average Bonchev–Trinajstić information content (AvgIpc) is 3.38. The van der Waals surface area contributed by atoms with Crippen LogP contribution in [0.15, 0.2) is 30.3 Å². The van der Waals surface area contributed by atoms with Crippen molar-refractivity contribution < 1.29 is 24.2 Å². The van der Waals surface area contributed by atoms with E-state index in [2.05, 4.69) is 5.32 Å². The summed E-state index contributed by atoms with van der Waals surface area (Å²) in [6.45, 7) is 3.74. The summed E-state index contributed by atoms with van der Waals surface area (Å²) in [7, 11) is 0. The highest BCUT2D eigenvalue weighted by Crippen LogP contribution is 2.46. The molecule has 0 bridgehead atoms. The third-order valence-electron chi connectivity index (χ3n) is 6.72. The zero-order valence-corrected chi connectivity index (χ0v) is 18.5. The van der Waals surface area contributed by atoms with E-state index in [1.165, 1.54) is 0 Å². The van der Waals surface area contributed by atoms with Gasteiger partial charge < -0.3 is 14.7 Å². The molecule has 1 aromatic rings. The van der Waals surface area contributed by atoms with Crippen molar-refractivity contribution in [3.05, 3.63) is 35.9 Å². The number of ether oxygens (including phenoxy) is 1. The lowest BCUT2D eigenvalue weighted by Gasteiger charge is -2.39. The summed E-state index contributed by atoms with van der Waals surface area (Å²) >= 11 is 0. The minimum Gasteiger partial charge on any atom is -0.480 e. The summed E-state index contributed by atoms with van der Waals surface area (Å²) in [4.78, 5) is 39.5. The molecule has 1 aliphatic heterocycles. The maximum absolute atomic E-state index is 13.5. The van der Waals surface area contributed by atoms with Crippen molar-refractivity contribution in [2.75, 3.05) is 6.61 Å². The lowest BCUT2D eigenvalue weighted by atomic mass is 9.93. The van der Waals surface area contributed by atoms with Gasteiger partial charge in [-0.2, -0.15) is 0 Å². The van der Waals surface area contributed by atoms with Gasteiger partial charge in [-0.1, -0.05) is 43.2 Å². The molecule has 0 aromatic heterocycles. The van der Waals surface area contributed by atoms with Crippen LogP contribution in [0.5, 0.6) is 0 Å². The van der Waals surface area contributed by atoms with Crippen LogP contribution in [0.25, 0.3) is 0 Å². The van der Waals surface area contributed by atoms with Crippen LogP contribution in [0.2, 0.25) is 0 Å². The normalized spacial score (nSPS) is 21.7. The van der Waals surface area contributed by atoms with E-state index in [0.717, 1.165) is 37.7 Å². The molecule has 7 nitrogen and oxygen atoms in total. The SMILES string of the molecule is CCOC(=O)C(CCc1ccccc1)N[C@@H](C)C(=O)N1[C@H](C(=O)O)CCC12CCCC2. The minimum absolute atomic E-state index is 0.235. The third-order valence-corrected chi connectivity index (χ3v) is 6.72. The molecule has 1 aromatic carbocycles. The van der Waals surface area contributed by atoms with E-state index >= 15 is 0 Å². The van der Waals surface area contributed by atoms with Gasteiger partial charge in [0.15, 0.2) is 0 Å². The summed E-state index contributed by atoms with van der Waals surface area (Å²) in [5.41, 5.74) is 0.757. The van der Waals surface area contributed by atoms with Crippen LogP contribution >= 0.6 is 0 Å². The van der Waals surface area contributed by atoms with Gasteiger partial charge in [0.1, 0.15) is 12.1 Å². The molecule has 1 unspecified atom stereocenters. The number of esters is 1. The van der Waals surface area contributed by atoms with Gasteiger partial charge in [-0.15, -0.1) is 0 Å². The molecule has 2 aliphatic rings. The molecule has 1 heterocycles. The van der Waals surface area contributed by atoms with Gasteiger partial charge in [0.25, 0.3) is 0 Å². The number of aryl methyl sites for hydroxylation is 1. The van der Waals surface area contributed by atoms with Crippen LogP contribution < -0.4 is 5.32 Å². The smallest absolute Gasteiger partial charge is 0.326 e. The number of likely N-dealkylation sites (tertiary alicyclic amines) is 1. The molecule has 3 atom stereocenters. The number of carbonyl (C=O) groups excluding carboxylic acids is 2.